The number of hydrogen-bond donors (Lipinski definition) is 0. The number of carbonyl (C=O) groups excluding carboxylic acids is 1. The predicted octanol–water partition coefficient (Wildman–Crippen LogP) is 1.44. The molecule has 1 fully saturated rings. The molecule has 3 rings (SSSR count). The van der Waals surface area contributed by atoms with Crippen LogP contribution in [0.5, 0.6) is 11.5 Å². The molecule has 1 atom stereocenters. The lowest BCUT2D eigenvalue weighted by atomic mass is 10.0. The Bertz CT molecular complexity index is 689. The van der Waals surface area contributed by atoms with Gasteiger partial charge in [0.15, 0.2) is 0 Å². The van der Waals surface area contributed by atoms with Crippen molar-refractivity contribution < 1.29 is 14.3 Å². The molecular weight excluding hydrogens is 310 g/mol. The highest BCUT2D eigenvalue weighted by Crippen LogP contribution is 2.39. The van der Waals surface area contributed by atoms with E-state index in [0.29, 0.717) is 13.0 Å². The summed E-state index contributed by atoms with van der Waals surface area (Å²) < 4.78 is 12.4. The number of amides is 1. The average molecular weight is 331 g/mol. The molecule has 8 heteroatoms. The van der Waals surface area contributed by atoms with Crippen molar-refractivity contribution in [1.82, 2.24) is 25.1 Å². The van der Waals surface area contributed by atoms with Crippen molar-refractivity contribution in [1.29, 1.82) is 0 Å². The number of nitrogens with zero attached hydrogens (tertiary/aromatic N) is 5. The summed E-state index contributed by atoms with van der Waals surface area (Å²) in [6, 6.07) is 5.71. The SMILES string of the molecule is COc1ccc(OC)c([C@H]2CCCN2C(=O)CCn2cnnn2)c1. The van der Waals surface area contributed by atoms with Gasteiger partial charge >= 0.3 is 0 Å². The third-order valence-electron chi connectivity index (χ3n) is 4.32. The van der Waals surface area contributed by atoms with E-state index < -0.39 is 0 Å². The average Bonchev–Trinajstić information content (AvgIpc) is 3.30. The minimum Gasteiger partial charge on any atom is -0.497 e. The van der Waals surface area contributed by atoms with E-state index in [-0.39, 0.29) is 11.9 Å². The van der Waals surface area contributed by atoms with E-state index in [1.54, 1.807) is 18.9 Å². The molecule has 2 heterocycles. The molecular formula is C16H21N5O3. The first-order valence-corrected chi connectivity index (χ1v) is 7.95. The molecule has 1 saturated heterocycles. The molecule has 0 spiro atoms. The molecule has 1 aliphatic rings. The highest BCUT2D eigenvalue weighted by atomic mass is 16.5. The Kier molecular flexibility index (Phi) is 4.93. The zero-order valence-electron chi connectivity index (χ0n) is 13.9. The van der Waals surface area contributed by atoms with Gasteiger partial charge in [-0.1, -0.05) is 0 Å². The van der Waals surface area contributed by atoms with Crippen LogP contribution < -0.4 is 9.47 Å². The molecule has 0 radical (unpaired) electrons. The molecule has 24 heavy (non-hydrogen) atoms. The fourth-order valence-electron chi connectivity index (χ4n) is 3.12. The highest BCUT2D eigenvalue weighted by molar-refractivity contribution is 5.77. The largest absolute Gasteiger partial charge is 0.497 e. The maximum atomic E-state index is 12.7. The zero-order valence-corrected chi connectivity index (χ0v) is 13.9. The second-order valence-electron chi connectivity index (χ2n) is 5.68. The smallest absolute Gasteiger partial charge is 0.224 e. The Morgan fingerprint density at radius 3 is 2.92 bits per heavy atom. The molecule has 1 amide bonds. The van der Waals surface area contributed by atoms with Crippen molar-refractivity contribution in [2.75, 3.05) is 20.8 Å². The van der Waals surface area contributed by atoms with Gasteiger partial charge in [-0.05, 0) is 41.5 Å². The molecule has 0 bridgehead atoms. The lowest BCUT2D eigenvalue weighted by Crippen LogP contribution is -2.31. The van der Waals surface area contributed by atoms with Gasteiger partial charge in [0.05, 0.1) is 26.8 Å². The molecule has 1 aromatic carbocycles. The second-order valence-corrected chi connectivity index (χ2v) is 5.68. The first-order chi connectivity index (χ1) is 11.7. The number of likely N-dealkylation sites (tertiary alicyclic amines) is 1. The van der Waals surface area contributed by atoms with E-state index in [0.717, 1.165) is 36.4 Å². The molecule has 0 aliphatic carbocycles. The van der Waals surface area contributed by atoms with Crippen LogP contribution in [0.4, 0.5) is 0 Å². The van der Waals surface area contributed by atoms with E-state index in [2.05, 4.69) is 15.5 Å². The van der Waals surface area contributed by atoms with Gasteiger partial charge < -0.3 is 14.4 Å². The summed E-state index contributed by atoms with van der Waals surface area (Å²) in [6.07, 6.45) is 3.77. The Morgan fingerprint density at radius 2 is 2.21 bits per heavy atom. The van der Waals surface area contributed by atoms with Crippen LogP contribution in [0.15, 0.2) is 24.5 Å². The monoisotopic (exact) mass is 331 g/mol. The summed E-state index contributed by atoms with van der Waals surface area (Å²) in [5, 5.41) is 10.9. The number of aryl methyl sites for hydroxylation is 1. The quantitative estimate of drug-likeness (QED) is 0.797. The number of tetrazole rings is 1. The first-order valence-electron chi connectivity index (χ1n) is 7.95. The molecule has 0 unspecified atom stereocenters. The van der Waals surface area contributed by atoms with Crippen LogP contribution in [0.2, 0.25) is 0 Å². The Hall–Kier alpha value is -2.64. The minimum absolute atomic E-state index is 0.0106. The van der Waals surface area contributed by atoms with Gasteiger partial charge in [0.1, 0.15) is 17.8 Å². The lowest BCUT2D eigenvalue weighted by Gasteiger charge is -2.26. The molecule has 1 aromatic heterocycles. The summed E-state index contributed by atoms with van der Waals surface area (Å²) in [7, 11) is 3.28. The van der Waals surface area contributed by atoms with Crippen molar-refractivity contribution >= 4 is 5.91 Å². The standard InChI is InChI=1S/C16H21N5O3/c1-23-12-5-6-15(24-2)13(10-12)14-4-3-8-21(14)16(22)7-9-20-11-17-18-19-20/h5-6,10-11,14H,3-4,7-9H2,1-2H3/t14-/m1/s1. The van der Waals surface area contributed by atoms with Crippen LogP contribution >= 0.6 is 0 Å². The summed E-state index contributed by atoms with van der Waals surface area (Å²) in [5.41, 5.74) is 0.991. The van der Waals surface area contributed by atoms with E-state index >= 15 is 0 Å². The molecule has 1 aliphatic heterocycles. The van der Waals surface area contributed by atoms with E-state index in [4.69, 9.17) is 9.47 Å². The van der Waals surface area contributed by atoms with Crippen molar-refractivity contribution in [3.8, 4) is 11.5 Å². The summed E-state index contributed by atoms with van der Waals surface area (Å²) in [5.74, 6) is 1.64. The van der Waals surface area contributed by atoms with Gasteiger partial charge in [-0.3, -0.25) is 4.79 Å². The third-order valence-corrected chi connectivity index (χ3v) is 4.32. The van der Waals surface area contributed by atoms with Crippen molar-refractivity contribution in [2.24, 2.45) is 0 Å². The number of benzene rings is 1. The van der Waals surface area contributed by atoms with Crippen LogP contribution in [0, 0.1) is 0 Å². The van der Waals surface area contributed by atoms with Crippen molar-refractivity contribution in [3.63, 3.8) is 0 Å². The molecule has 0 N–H and O–H groups in total. The molecule has 0 saturated carbocycles. The lowest BCUT2D eigenvalue weighted by molar-refractivity contribution is -0.132. The van der Waals surface area contributed by atoms with Gasteiger partial charge in [-0.2, -0.15) is 0 Å². The van der Waals surface area contributed by atoms with Crippen molar-refractivity contribution in [3.05, 3.63) is 30.1 Å². The number of rotatable bonds is 6. The topological polar surface area (TPSA) is 82.4 Å². The number of methoxy groups -OCH3 is 2. The van der Waals surface area contributed by atoms with Crippen LogP contribution in [0.3, 0.4) is 0 Å². The van der Waals surface area contributed by atoms with Gasteiger partial charge in [-0.25, -0.2) is 4.68 Å². The zero-order chi connectivity index (χ0) is 16.9. The number of ether oxygens (including phenoxy) is 2. The maximum Gasteiger partial charge on any atom is 0.224 e. The Morgan fingerprint density at radius 1 is 1.33 bits per heavy atom. The fourth-order valence-corrected chi connectivity index (χ4v) is 3.12. The first kappa shape index (κ1) is 16.2. The van der Waals surface area contributed by atoms with Crippen LogP contribution in [-0.4, -0.2) is 51.8 Å². The number of carbonyl (C=O) groups is 1. The fraction of sp³-hybridized carbons (Fsp3) is 0.500. The van der Waals surface area contributed by atoms with Crippen LogP contribution in [-0.2, 0) is 11.3 Å². The maximum absolute atomic E-state index is 12.7. The van der Waals surface area contributed by atoms with E-state index in [1.165, 1.54) is 6.33 Å². The molecule has 2 aromatic rings. The van der Waals surface area contributed by atoms with Crippen LogP contribution in [0.25, 0.3) is 0 Å². The second kappa shape index (κ2) is 7.29. The van der Waals surface area contributed by atoms with Gasteiger partial charge in [0.25, 0.3) is 0 Å². The van der Waals surface area contributed by atoms with Gasteiger partial charge in [0.2, 0.25) is 5.91 Å². The number of hydrogen-bond acceptors (Lipinski definition) is 6. The van der Waals surface area contributed by atoms with Gasteiger partial charge in [0, 0.05) is 18.5 Å². The van der Waals surface area contributed by atoms with Gasteiger partial charge in [-0.15, -0.1) is 5.10 Å². The van der Waals surface area contributed by atoms with Crippen molar-refractivity contribution in [2.45, 2.75) is 31.8 Å². The normalized spacial score (nSPS) is 17.1. The number of aromatic nitrogens is 4. The Labute approximate surface area is 140 Å². The molecule has 128 valence electrons. The third kappa shape index (κ3) is 3.32. The van der Waals surface area contributed by atoms with E-state index in [9.17, 15) is 4.79 Å². The summed E-state index contributed by atoms with van der Waals surface area (Å²) in [6.45, 7) is 1.23. The summed E-state index contributed by atoms with van der Waals surface area (Å²) >= 11 is 0. The van der Waals surface area contributed by atoms with E-state index in [1.807, 2.05) is 23.1 Å². The predicted molar refractivity (Wildman–Crippen MR) is 85.7 cm³/mol. The minimum atomic E-state index is 0.0106. The summed E-state index contributed by atoms with van der Waals surface area (Å²) in [4.78, 5) is 14.6. The highest BCUT2D eigenvalue weighted by Gasteiger charge is 2.31. The van der Waals surface area contributed by atoms with Crippen LogP contribution in [0.1, 0.15) is 30.9 Å². The molecule has 8 nitrogen and oxygen atoms in total. The Balaban J connectivity index is 1.76.